The van der Waals surface area contributed by atoms with E-state index in [-0.39, 0.29) is 5.91 Å². The Morgan fingerprint density at radius 2 is 1.74 bits per heavy atom. The molecule has 1 N–H and O–H groups in total. The Balaban J connectivity index is 1.36. The average Bonchev–Trinajstić information content (AvgIpc) is 2.75. The molecule has 7 heteroatoms. The van der Waals surface area contributed by atoms with Crippen LogP contribution < -0.4 is 10.2 Å². The second kappa shape index (κ2) is 8.33. The molecule has 0 atom stereocenters. The highest BCUT2D eigenvalue weighted by Crippen LogP contribution is 2.22. The molecule has 1 amide bonds. The van der Waals surface area contributed by atoms with Gasteiger partial charge in [-0.05, 0) is 25.0 Å². The minimum atomic E-state index is 0.0448. The van der Waals surface area contributed by atoms with Crippen LogP contribution in [-0.2, 0) is 0 Å². The molecular weight excluding hydrogens is 340 g/mol. The van der Waals surface area contributed by atoms with E-state index in [4.69, 9.17) is 0 Å². The lowest BCUT2D eigenvalue weighted by atomic mass is 9.95. The molecule has 3 heterocycles. The van der Waals surface area contributed by atoms with Gasteiger partial charge in [0.15, 0.2) is 0 Å². The fraction of sp³-hybridized carbons (Fsp3) is 0.500. The number of anilines is 2. The van der Waals surface area contributed by atoms with Gasteiger partial charge in [-0.2, -0.15) is 0 Å². The standard InChI is InChI=1S/C20H26N6O/c27-19(25-9-11-26(12-10-25)20-22-7-4-8-23-20)16-13-18(15-21-14-16)24-17-5-2-1-3-6-17/h4,7-8,13-15,17,24H,1-3,5-6,9-12H2. The van der Waals surface area contributed by atoms with Crippen LogP contribution in [0.5, 0.6) is 0 Å². The summed E-state index contributed by atoms with van der Waals surface area (Å²) >= 11 is 0. The summed E-state index contributed by atoms with van der Waals surface area (Å²) in [6, 6.07) is 4.25. The molecule has 7 nitrogen and oxygen atoms in total. The summed E-state index contributed by atoms with van der Waals surface area (Å²) in [5, 5.41) is 3.55. The van der Waals surface area contributed by atoms with Crippen LogP contribution in [0.4, 0.5) is 11.6 Å². The van der Waals surface area contributed by atoms with Crippen molar-refractivity contribution in [2.24, 2.45) is 0 Å². The van der Waals surface area contributed by atoms with Crippen LogP contribution in [0, 0.1) is 0 Å². The summed E-state index contributed by atoms with van der Waals surface area (Å²) in [7, 11) is 0. The van der Waals surface area contributed by atoms with Crippen LogP contribution in [0.25, 0.3) is 0 Å². The zero-order valence-electron chi connectivity index (χ0n) is 15.5. The Morgan fingerprint density at radius 1 is 1.00 bits per heavy atom. The van der Waals surface area contributed by atoms with Crippen LogP contribution >= 0.6 is 0 Å². The molecule has 0 aromatic carbocycles. The Bertz CT molecular complexity index is 754. The molecule has 2 aliphatic rings. The first-order valence-corrected chi connectivity index (χ1v) is 9.82. The van der Waals surface area contributed by atoms with E-state index < -0.39 is 0 Å². The van der Waals surface area contributed by atoms with Gasteiger partial charge in [-0.1, -0.05) is 19.3 Å². The van der Waals surface area contributed by atoms with Gasteiger partial charge in [0, 0.05) is 57.0 Å². The van der Waals surface area contributed by atoms with E-state index in [1.54, 1.807) is 18.6 Å². The second-order valence-corrected chi connectivity index (χ2v) is 7.27. The maximum Gasteiger partial charge on any atom is 0.255 e. The van der Waals surface area contributed by atoms with E-state index in [0.29, 0.717) is 24.7 Å². The maximum absolute atomic E-state index is 12.9. The molecule has 0 bridgehead atoms. The van der Waals surface area contributed by atoms with E-state index in [9.17, 15) is 4.79 Å². The van der Waals surface area contributed by atoms with Crippen molar-refractivity contribution in [2.75, 3.05) is 36.4 Å². The van der Waals surface area contributed by atoms with Gasteiger partial charge in [0.05, 0.1) is 11.3 Å². The number of pyridine rings is 1. The SMILES string of the molecule is O=C(c1cncc(NC2CCCCC2)c1)N1CCN(c2ncccn2)CC1. The average molecular weight is 366 g/mol. The molecule has 2 aromatic heterocycles. The molecular formula is C20H26N6O. The predicted molar refractivity (Wildman–Crippen MR) is 105 cm³/mol. The van der Waals surface area contributed by atoms with Gasteiger partial charge in [0.2, 0.25) is 5.95 Å². The number of nitrogens with zero attached hydrogens (tertiary/aromatic N) is 5. The van der Waals surface area contributed by atoms with Crippen LogP contribution in [0.3, 0.4) is 0 Å². The van der Waals surface area contributed by atoms with Gasteiger partial charge in [0.25, 0.3) is 5.91 Å². The molecule has 2 aromatic rings. The van der Waals surface area contributed by atoms with Gasteiger partial charge in [-0.3, -0.25) is 9.78 Å². The number of hydrogen-bond acceptors (Lipinski definition) is 6. The van der Waals surface area contributed by atoms with Crippen LogP contribution in [0.2, 0.25) is 0 Å². The van der Waals surface area contributed by atoms with Crippen LogP contribution in [0.15, 0.2) is 36.9 Å². The minimum Gasteiger partial charge on any atom is -0.381 e. The third kappa shape index (κ3) is 4.35. The number of aromatic nitrogens is 3. The van der Waals surface area contributed by atoms with E-state index in [0.717, 1.165) is 24.7 Å². The largest absolute Gasteiger partial charge is 0.381 e. The summed E-state index contributed by atoms with van der Waals surface area (Å²) in [6.45, 7) is 2.81. The summed E-state index contributed by atoms with van der Waals surface area (Å²) in [6.07, 6.45) is 13.3. The van der Waals surface area contributed by atoms with Crippen molar-refractivity contribution < 1.29 is 4.79 Å². The van der Waals surface area contributed by atoms with Gasteiger partial charge in [-0.15, -0.1) is 0 Å². The Hall–Kier alpha value is -2.70. The fourth-order valence-electron chi connectivity index (χ4n) is 3.87. The molecule has 0 unspecified atom stereocenters. The van der Waals surface area contributed by atoms with Gasteiger partial charge in [-0.25, -0.2) is 9.97 Å². The molecule has 0 spiro atoms. The Morgan fingerprint density at radius 3 is 2.48 bits per heavy atom. The number of rotatable bonds is 4. The highest BCUT2D eigenvalue weighted by atomic mass is 16.2. The third-order valence-electron chi connectivity index (χ3n) is 5.36. The topological polar surface area (TPSA) is 74.2 Å². The molecule has 1 aliphatic carbocycles. The number of nitrogens with one attached hydrogen (secondary N) is 1. The van der Waals surface area contributed by atoms with E-state index >= 15 is 0 Å². The smallest absolute Gasteiger partial charge is 0.255 e. The number of hydrogen-bond donors (Lipinski definition) is 1. The summed E-state index contributed by atoms with van der Waals surface area (Å²) in [5.74, 6) is 0.772. The quantitative estimate of drug-likeness (QED) is 0.896. The van der Waals surface area contributed by atoms with Crippen molar-refractivity contribution in [1.29, 1.82) is 0 Å². The molecule has 142 valence electrons. The van der Waals surface area contributed by atoms with Crippen molar-refractivity contribution >= 4 is 17.5 Å². The molecule has 27 heavy (non-hydrogen) atoms. The number of piperazine rings is 1. The second-order valence-electron chi connectivity index (χ2n) is 7.27. The number of carbonyl (C=O) groups excluding carboxylic acids is 1. The zero-order valence-corrected chi connectivity index (χ0v) is 15.5. The summed E-state index contributed by atoms with van der Waals surface area (Å²) in [5.41, 5.74) is 1.60. The Labute approximate surface area is 159 Å². The molecule has 1 saturated carbocycles. The lowest BCUT2D eigenvalue weighted by Gasteiger charge is -2.34. The lowest BCUT2D eigenvalue weighted by Crippen LogP contribution is -2.49. The van der Waals surface area contributed by atoms with Crippen molar-refractivity contribution in [3.8, 4) is 0 Å². The normalized spacial score (nSPS) is 18.4. The van der Waals surface area contributed by atoms with E-state index in [1.165, 1.54) is 32.1 Å². The summed E-state index contributed by atoms with van der Waals surface area (Å²) in [4.78, 5) is 29.8. The summed E-state index contributed by atoms with van der Waals surface area (Å²) < 4.78 is 0. The maximum atomic E-state index is 12.9. The van der Waals surface area contributed by atoms with E-state index in [2.05, 4.69) is 25.2 Å². The van der Waals surface area contributed by atoms with Crippen molar-refractivity contribution in [3.05, 3.63) is 42.5 Å². The van der Waals surface area contributed by atoms with E-state index in [1.807, 2.05) is 23.2 Å². The highest BCUT2D eigenvalue weighted by molar-refractivity contribution is 5.94. The first-order chi connectivity index (χ1) is 13.3. The fourth-order valence-corrected chi connectivity index (χ4v) is 3.87. The monoisotopic (exact) mass is 366 g/mol. The van der Waals surface area contributed by atoms with Gasteiger partial charge in [0.1, 0.15) is 0 Å². The first-order valence-electron chi connectivity index (χ1n) is 9.82. The van der Waals surface area contributed by atoms with Crippen molar-refractivity contribution in [2.45, 2.75) is 38.1 Å². The minimum absolute atomic E-state index is 0.0448. The third-order valence-corrected chi connectivity index (χ3v) is 5.36. The molecule has 4 rings (SSSR count). The number of carbonyl (C=O) groups is 1. The molecule has 0 radical (unpaired) electrons. The zero-order chi connectivity index (χ0) is 18.5. The predicted octanol–water partition coefficient (Wildman–Crippen LogP) is 2.58. The number of amides is 1. The molecule has 1 aliphatic heterocycles. The molecule has 2 fully saturated rings. The van der Waals surface area contributed by atoms with Crippen LogP contribution in [-0.4, -0.2) is 58.0 Å². The van der Waals surface area contributed by atoms with Crippen molar-refractivity contribution in [1.82, 2.24) is 19.9 Å². The van der Waals surface area contributed by atoms with Crippen molar-refractivity contribution in [3.63, 3.8) is 0 Å². The van der Waals surface area contributed by atoms with Gasteiger partial charge < -0.3 is 15.1 Å². The van der Waals surface area contributed by atoms with Crippen LogP contribution in [0.1, 0.15) is 42.5 Å². The highest BCUT2D eigenvalue weighted by Gasteiger charge is 2.24. The Kier molecular flexibility index (Phi) is 5.46. The van der Waals surface area contributed by atoms with Gasteiger partial charge >= 0.3 is 0 Å². The molecule has 1 saturated heterocycles. The first kappa shape index (κ1) is 17.7. The lowest BCUT2D eigenvalue weighted by molar-refractivity contribution is 0.0746.